The number of esters is 1. The monoisotopic (exact) mass is 553 g/mol. The van der Waals surface area contributed by atoms with Crippen molar-refractivity contribution in [2.75, 3.05) is 0 Å². The van der Waals surface area contributed by atoms with E-state index in [1.165, 1.54) is 148 Å². The van der Waals surface area contributed by atoms with Crippen LogP contribution in [-0.2, 0) is 14.3 Å². The summed E-state index contributed by atoms with van der Waals surface area (Å²) in [5, 5.41) is 8.64. The Morgan fingerprint density at radius 1 is 0.487 bits per heavy atom. The fourth-order valence-corrected chi connectivity index (χ4v) is 5.47. The molecule has 0 saturated carbocycles. The van der Waals surface area contributed by atoms with E-state index in [2.05, 4.69) is 13.8 Å². The number of rotatable bonds is 32. The first kappa shape index (κ1) is 37.9. The SMILES string of the molecule is CCCCCCCCCCCCCCC(=O)OC(CC)CCCCCCCCCCCCCCCCC(=O)O. The van der Waals surface area contributed by atoms with Gasteiger partial charge in [0.25, 0.3) is 0 Å². The topological polar surface area (TPSA) is 63.6 Å². The lowest BCUT2D eigenvalue weighted by Gasteiger charge is -2.16. The standard InChI is InChI=1S/C35H68O4/c1-3-5-6-7-8-9-10-17-20-23-26-29-32-35(38)39-33(4-2)30-27-24-21-18-15-13-11-12-14-16-19-22-25-28-31-34(36)37/h33H,3-32H2,1-2H3,(H,36,37). The molecule has 0 aliphatic rings. The fraction of sp³-hybridized carbons (Fsp3) is 0.943. The van der Waals surface area contributed by atoms with Gasteiger partial charge in [-0.15, -0.1) is 0 Å². The van der Waals surface area contributed by atoms with Crippen LogP contribution in [-0.4, -0.2) is 23.1 Å². The summed E-state index contributed by atoms with van der Waals surface area (Å²) in [4.78, 5) is 22.7. The van der Waals surface area contributed by atoms with Gasteiger partial charge in [0, 0.05) is 12.8 Å². The Bertz CT molecular complexity index is 519. The zero-order valence-electron chi connectivity index (χ0n) is 26.5. The molecule has 1 atom stereocenters. The molecule has 0 heterocycles. The zero-order chi connectivity index (χ0) is 28.7. The molecule has 0 spiro atoms. The Labute approximate surface area is 243 Å². The second-order valence-electron chi connectivity index (χ2n) is 12.0. The fourth-order valence-electron chi connectivity index (χ4n) is 5.47. The molecule has 0 amide bonds. The van der Waals surface area contributed by atoms with Gasteiger partial charge in [0.2, 0.25) is 0 Å². The van der Waals surface area contributed by atoms with Crippen LogP contribution in [0.5, 0.6) is 0 Å². The first-order chi connectivity index (χ1) is 19.1. The Kier molecular flexibility index (Phi) is 30.6. The van der Waals surface area contributed by atoms with Crippen LogP contribution in [0.25, 0.3) is 0 Å². The molecule has 0 saturated heterocycles. The normalized spacial score (nSPS) is 12.1. The van der Waals surface area contributed by atoms with Gasteiger partial charge < -0.3 is 9.84 Å². The molecule has 4 nitrogen and oxygen atoms in total. The second-order valence-corrected chi connectivity index (χ2v) is 12.0. The molecule has 0 rings (SSSR count). The van der Waals surface area contributed by atoms with Gasteiger partial charge in [0.1, 0.15) is 6.10 Å². The predicted molar refractivity (Wildman–Crippen MR) is 167 cm³/mol. The molecule has 4 heteroatoms. The summed E-state index contributed by atoms with van der Waals surface area (Å²) in [6.07, 6.45) is 36.3. The zero-order valence-corrected chi connectivity index (χ0v) is 26.5. The van der Waals surface area contributed by atoms with Crippen LogP contribution in [0, 0.1) is 0 Å². The van der Waals surface area contributed by atoms with E-state index >= 15 is 0 Å². The lowest BCUT2D eigenvalue weighted by molar-refractivity contribution is -0.149. The lowest BCUT2D eigenvalue weighted by Crippen LogP contribution is -2.17. The van der Waals surface area contributed by atoms with Crippen molar-refractivity contribution < 1.29 is 19.4 Å². The van der Waals surface area contributed by atoms with Gasteiger partial charge in [-0.3, -0.25) is 9.59 Å². The van der Waals surface area contributed by atoms with E-state index in [4.69, 9.17) is 9.84 Å². The van der Waals surface area contributed by atoms with E-state index in [1.807, 2.05) is 0 Å². The number of carboxylic acid groups (broad SMARTS) is 1. The predicted octanol–water partition coefficient (Wildman–Crippen LogP) is 11.7. The van der Waals surface area contributed by atoms with Gasteiger partial charge in [-0.05, 0) is 32.1 Å². The minimum Gasteiger partial charge on any atom is -0.481 e. The van der Waals surface area contributed by atoms with Gasteiger partial charge in [0.05, 0.1) is 0 Å². The molecule has 0 aromatic carbocycles. The molecular weight excluding hydrogens is 484 g/mol. The third-order valence-corrected chi connectivity index (χ3v) is 8.15. The van der Waals surface area contributed by atoms with Gasteiger partial charge in [-0.25, -0.2) is 0 Å². The van der Waals surface area contributed by atoms with Crippen molar-refractivity contribution in [3.05, 3.63) is 0 Å². The molecule has 0 bridgehead atoms. The van der Waals surface area contributed by atoms with Crippen LogP contribution in [0.4, 0.5) is 0 Å². The van der Waals surface area contributed by atoms with Crippen molar-refractivity contribution in [2.24, 2.45) is 0 Å². The van der Waals surface area contributed by atoms with Crippen LogP contribution < -0.4 is 0 Å². The van der Waals surface area contributed by atoms with Gasteiger partial charge in [-0.2, -0.15) is 0 Å². The highest BCUT2D eigenvalue weighted by Crippen LogP contribution is 2.17. The summed E-state index contributed by atoms with van der Waals surface area (Å²) in [7, 11) is 0. The van der Waals surface area contributed by atoms with Crippen LogP contribution >= 0.6 is 0 Å². The highest BCUT2D eigenvalue weighted by Gasteiger charge is 2.12. The summed E-state index contributed by atoms with van der Waals surface area (Å²) >= 11 is 0. The molecule has 1 N–H and O–H groups in total. The summed E-state index contributed by atoms with van der Waals surface area (Å²) < 4.78 is 5.77. The van der Waals surface area contributed by atoms with Crippen molar-refractivity contribution in [1.82, 2.24) is 0 Å². The largest absolute Gasteiger partial charge is 0.481 e. The number of aliphatic carboxylic acids is 1. The van der Waals surface area contributed by atoms with E-state index < -0.39 is 5.97 Å². The summed E-state index contributed by atoms with van der Waals surface area (Å²) in [5.74, 6) is -0.645. The molecule has 39 heavy (non-hydrogen) atoms. The van der Waals surface area contributed by atoms with Crippen molar-refractivity contribution in [1.29, 1.82) is 0 Å². The Morgan fingerprint density at radius 3 is 1.18 bits per heavy atom. The minimum atomic E-state index is -0.666. The number of carboxylic acids is 1. The minimum absolute atomic E-state index is 0.0205. The highest BCUT2D eigenvalue weighted by molar-refractivity contribution is 5.69. The molecule has 0 fully saturated rings. The van der Waals surface area contributed by atoms with E-state index in [-0.39, 0.29) is 12.1 Å². The van der Waals surface area contributed by atoms with Crippen molar-refractivity contribution >= 4 is 11.9 Å². The van der Waals surface area contributed by atoms with E-state index in [0.717, 1.165) is 32.1 Å². The van der Waals surface area contributed by atoms with Crippen LogP contribution in [0.3, 0.4) is 0 Å². The number of carbonyl (C=O) groups is 2. The van der Waals surface area contributed by atoms with Crippen molar-refractivity contribution in [3.63, 3.8) is 0 Å². The number of hydrogen-bond donors (Lipinski definition) is 1. The van der Waals surface area contributed by atoms with E-state index in [0.29, 0.717) is 12.8 Å². The Hall–Kier alpha value is -1.06. The first-order valence-corrected chi connectivity index (χ1v) is 17.5. The van der Waals surface area contributed by atoms with Crippen molar-refractivity contribution in [3.8, 4) is 0 Å². The molecule has 0 aromatic heterocycles. The quantitative estimate of drug-likeness (QED) is 0.0665. The van der Waals surface area contributed by atoms with Gasteiger partial charge >= 0.3 is 11.9 Å². The molecule has 0 aromatic rings. The third-order valence-electron chi connectivity index (χ3n) is 8.15. The lowest BCUT2D eigenvalue weighted by atomic mass is 10.0. The van der Waals surface area contributed by atoms with Crippen LogP contribution in [0.2, 0.25) is 0 Å². The summed E-state index contributed by atoms with van der Waals surface area (Å²) in [6.45, 7) is 4.41. The number of carbonyl (C=O) groups excluding carboxylic acids is 1. The second kappa shape index (κ2) is 31.5. The summed E-state index contributed by atoms with van der Waals surface area (Å²) in [6, 6.07) is 0. The average molecular weight is 553 g/mol. The Balaban J connectivity index is 3.40. The number of hydrogen-bond acceptors (Lipinski definition) is 3. The maximum atomic E-state index is 12.2. The van der Waals surface area contributed by atoms with E-state index in [9.17, 15) is 9.59 Å². The van der Waals surface area contributed by atoms with Crippen molar-refractivity contribution in [2.45, 2.75) is 213 Å². The number of ether oxygens (including phenoxy) is 1. The average Bonchev–Trinajstić information content (AvgIpc) is 2.92. The highest BCUT2D eigenvalue weighted by atomic mass is 16.5. The smallest absolute Gasteiger partial charge is 0.306 e. The first-order valence-electron chi connectivity index (χ1n) is 17.5. The summed E-state index contributed by atoms with van der Waals surface area (Å²) in [5.41, 5.74) is 0. The maximum Gasteiger partial charge on any atom is 0.306 e. The third kappa shape index (κ3) is 31.3. The van der Waals surface area contributed by atoms with Crippen LogP contribution in [0.15, 0.2) is 0 Å². The van der Waals surface area contributed by atoms with E-state index in [1.54, 1.807) is 0 Å². The molecule has 0 aliphatic heterocycles. The molecule has 0 aliphatic carbocycles. The number of unbranched alkanes of at least 4 members (excludes halogenated alkanes) is 24. The molecule has 232 valence electrons. The molecular formula is C35H68O4. The van der Waals surface area contributed by atoms with Crippen LogP contribution in [0.1, 0.15) is 206 Å². The molecule has 1 unspecified atom stereocenters. The molecule has 0 radical (unpaired) electrons. The van der Waals surface area contributed by atoms with Gasteiger partial charge in [-0.1, -0.05) is 162 Å². The van der Waals surface area contributed by atoms with Gasteiger partial charge in [0.15, 0.2) is 0 Å². The maximum absolute atomic E-state index is 12.2. The Morgan fingerprint density at radius 2 is 0.821 bits per heavy atom.